The monoisotopic (exact) mass is 250 g/mol. The normalized spacial score (nSPS) is 19.6. The van der Waals surface area contributed by atoms with Crippen LogP contribution in [-0.2, 0) is 0 Å². The number of thiophene rings is 1. The van der Waals surface area contributed by atoms with Crippen molar-refractivity contribution >= 4 is 22.9 Å². The van der Waals surface area contributed by atoms with Crippen LogP contribution in [0.4, 0.5) is 5.69 Å². The Kier molecular flexibility index (Phi) is 2.62. The molecule has 17 heavy (non-hydrogen) atoms. The van der Waals surface area contributed by atoms with Crippen molar-refractivity contribution in [1.82, 2.24) is 5.32 Å². The summed E-state index contributed by atoms with van der Waals surface area (Å²) in [4.78, 5) is 13.9. The van der Waals surface area contributed by atoms with E-state index in [1.165, 1.54) is 37.0 Å². The van der Waals surface area contributed by atoms with Gasteiger partial charge in [-0.1, -0.05) is 0 Å². The van der Waals surface area contributed by atoms with E-state index in [0.717, 1.165) is 27.3 Å². The predicted octanol–water partition coefficient (Wildman–Crippen LogP) is 2.56. The third-order valence-electron chi connectivity index (χ3n) is 3.74. The number of carbonyl (C=O) groups is 1. The van der Waals surface area contributed by atoms with E-state index in [1.807, 2.05) is 6.92 Å². The molecule has 0 aromatic carbocycles. The Morgan fingerprint density at radius 2 is 2.00 bits per heavy atom. The van der Waals surface area contributed by atoms with Gasteiger partial charge in [-0.15, -0.1) is 11.3 Å². The van der Waals surface area contributed by atoms with Crippen LogP contribution in [0.3, 0.4) is 0 Å². The van der Waals surface area contributed by atoms with Crippen LogP contribution in [0.2, 0.25) is 0 Å². The van der Waals surface area contributed by atoms with E-state index in [4.69, 9.17) is 5.73 Å². The van der Waals surface area contributed by atoms with Crippen molar-refractivity contribution in [1.29, 1.82) is 0 Å². The predicted molar refractivity (Wildman–Crippen MR) is 70.2 cm³/mol. The molecule has 2 fully saturated rings. The first-order chi connectivity index (χ1) is 8.15. The van der Waals surface area contributed by atoms with Gasteiger partial charge in [0.15, 0.2) is 0 Å². The summed E-state index contributed by atoms with van der Waals surface area (Å²) in [7, 11) is 0. The lowest BCUT2D eigenvalue weighted by Crippen LogP contribution is -2.37. The molecule has 4 heteroatoms. The number of hydrogen-bond acceptors (Lipinski definition) is 3. The zero-order chi connectivity index (χ0) is 12.0. The van der Waals surface area contributed by atoms with Crippen molar-refractivity contribution < 1.29 is 4.79 Å². The molecule has 3 N–H and O–H groups in total. The van der Waals surface area contributed by atoms with E-state index in [2.05, 4.69) is 5.32 Å². The van der Waals surface area contributed by atoms with Gasteiger partial charge in [-0.2, -0.15) is 0 Å². The van der Waals surface area contributed by atoms with E-state index in [1.54, 1.807) is 6.07 Å². The molecule has 0 unspecified atom stereocenters. The van der Waals surface area contributed by atoms with Gasteiger partial charge in [-0.05, 0) is 50.5 Å². The molecular formula is C13H18N2OS. The van der Waals surface area contributed by atoms with Crippen LogP contribution in [0.5, 0.6) is 0 Å². The van der Waals surface area contributed by atoms with Crippen molar-refractivity contribution in [3.8, 4) is 0 Å². The summed E-state index contributed by atoms with van der Waals surface area (Å²) in [5.74, 6) is 1.55. The van der Waals surface area contributed by atoms with Crippen LogP contribution in [0.25, 0.3) is 0 Å². The third-order valence-corrected chi connectivity index (χ3v) is 4.80. The summed E-state index contributed by atoms with van der Waals surface area (Å²) < 4.78 is 0. The van der Waals surface area contributed by atoms with E-state index in [0.29, 0.717) is 6.04 Å². The average Bonchev–Trinajstić information content (AvgIpc) is 3.16. The molecular weight excluding hydrogens is 232 g/mol. The molecule has 0 bridgehead atoms. The van der Waals surface area contributed by atoms with E-state index < -0.39 is 0 Å². The Labute approximate surface area is 105 Å². The lowest BCUT2D eigenvalue weighted by Gasteiger charge is -2.16. The summed E-state index contributed by atoms with van der Waals surface area (Å²) in [5, 5.41) is 3.21. The molecule has 0 atom stereocenters. The average molecular weight is 250 g/mol. The molecule has 0 radical (unpaired) electrons. The lowest BCUT2D eigenvalue weighted by molar-refractivity contribution is 0.0930. The molecule has 2 aliphatic rings. The first kappa shape index (κ1) is 11.1. The van der Waals surface area contributed by atoms with Crippen LogP contribution >= 0.6 is 11.3 Å². The number of hydrogen-bond donors (Lipinski definition) is 2. The molecule has 1 amide bonds. The number of nitrogen functional groups attached to an aromatic ring is 1. The second-order valence-corrected chi connectivity index (χ2v) is 6.55. The van der Waals surface area contributed by atoms with Gasteiger partial charge in [-0.3, -0.25) is 4.79 Å². The minimum absolute atomic E-state index is 0.0681. The van der Waals surface area contributed by atoms with E-state index in [-0.39, 0.29) is 5.91 Å². The maximum absolute atomic E-state index is 12.1. The molecule has 1 aromatic heterocycles. The molecule has 1 aromatic rings. The van der Waals surface area contributed by atoms with E-state index in [9.17, 15) is 4.79 Å². The largest absolute Gasteiger partial charge is 0.398 e. The minimum atomic E-state index is 0.0681. The second-order valence-electron chi connectivity index (χ2n) is 5.30. The smallest absolute Gasteiger partial charge is 0.261 e. The number of carbonyl (C=O) groups excluding carboxylic acids is 1. The fourth-order valence-electron chi connectivity index (χ4n) is 2.36. The second kappa shape index (κ2) is 4.02. The van der Waals surface area contributed by atoms with E-state index >= 15 is 0 Å². The first-order valence-electron chi connectivity index (χ1n) is 6.32. The highest BCUT2D eigenvalue weighted by Crippen LogP contribution is 2.44. The zero-order valence-corrected chi connectivity index (χ0v) is 10.8. The molecule has 2 saturated carbocycles. The molecule has 0 saturated heterocycles. The molecule has 0 spiro atoms. The summed E-state index contributed by atoms with van der Waals surface area (Å²) >= 11 is 1.49. The number of anilines is 1. The van der Waals surface area contributed by atoms with Gasteiger partial charge < -0.3 is 11.1 Å². The summed E-state index contributed by atoms with van der Waals surface area (Å²) in [5.41, 5.74) is 6.52. The minimum Gasteiger partial charge on any atom is -0.398 e. The first-order valence-corrected chi connectivity index (χ1v) is 7.13. The quantitative estimate of drug-likeness (QED) is 0.863. The maximum atomic E-state index is 12.1. The van der Waals surface area contributed by atoms with Crippen molar-refractivity contribution in [2.45, 2.75) is 38.6 Å². The Morgan fingerprint density at radius 3 is 2.41 bits per heavy atom. The maximum Gasteiger partial charge on any atom is 0.261 e. The van der Waals surface area contributed by atoms with Crippen LogP contribution in [0.15, 0.2) is 6.07 Å². The van der Waals surface area contributed by atoms with Gasteiger partial charge in [0, 0.05) is 16.6 Å². The number of aryl methyl sites for hydroxylation is 1. The molecule has 2 aliphatic carbocycles. The highest BCUT2D eigenvalue weighted by Gasteiger charge is 2.42. The highest BCUT2D eigenvalue weighted by molar-refractivity contribution is 7.14. The van der Waals surface area contributed by atoms with Crippen LogP contribution < -0.4 is 11.1 Å². The molecule has 1 heterocycles. The highest BCUT2D eigenvalue weighted by atomic mass is 32.1. The van der Waals surface area contributed by atoms with Crippen molar-refractivity contribution in [3.63, 3.8) is 0 Å². The molecule has 0 aliphatic heterocycles. The third kappa shape index (κ3) is 2.32. The SMILES string of the molecule is Cc1sc(C(=O)NC(C2CC2)C2CC2)cc1N. The fraction of sp³-hybridized carbons (Fsp3) is 0.615. The van der Waals surface area contributed by atoms with Crippen molar-refractivity contribution in [3.05, 3.63) is 15.8 Å². The number of amides is 1. The summed E-state index contributed by atoms with van der Waals surface area (Å²) in [6, 6.07) is 2.22. The van der Waals surface area contributed by atoms with Crippen LogP contribution in [-0.4, -0.2) is 11.9 Å². The zero-order valence-electron chi connectivity index (χ0n) is 10.0. The fourth-order valence-corrected chi connectivity index (χ4v) is 3.21. The summed E-state index contributed by atoms with van der Waals surface area (Å²) in [6.45, 7) is 1.95. The molecule has 3 rings (SSSR count). The van der Waals surface area contributed by atoms with Gasteiger partial charge in [0.05, 0.1) is 4.88 Å². The summed E-state index contributed by atoms with van der Waals surface area (Å²) in [6.07, 6.45) is 5.14. The van der Waals surface area contributed by atoms with Crippen LogP contribution in [0, 0.1) is 18.8 Å². The topological polar surface area (TPSA) is 55.1 Å². The van der Waals surface area contributed by atoms with Gasteiger partial charge in [0.1, 0.15) is 0 Å². The van der Waals surface area contributed by atoms with Crippen molar-refractivity contribution in [2.24, 2.45) is 11.8 Å². The number of rotatable bonds is 4. The number of nitrogens with two attached hydrogens (primary N) is 1. The van der Waals surface area contributed by atoms with Crippen LogP contribution in [0.1, 0.15) is 40.2 Å². The lowest BCUT2D eigenvalue weighted by atomic mass is 10.1. The number of nitrogens with one attached hydrogen (secondary N) is 1. The van der Waals surface area contributed by atoms with Gasteiger partial charge in [0.2, 0.25) is 0 Å². The molecule has 3 nitrogen and oxygen atoms in total. The van der Waals surface area contributed by atoms with Gasteiger partial charge in [-0.25, -0.2) is 0 Å². The Bertz CT molecular complexity index is 415. The van der Waals surface area contributed by atoms with Gasteiger partial charge >= 0.3 is 0 Å². The Morgan fingerprint density at radius 1 is 1.41 bits per heavy atom. The Hall–Kier alpha value is -1.03. The standard InChI is InChI=1S/C13H18N2OS/c1-7-10(14)6-11(17-7)13(16)15-12(8-2-3-8)9-4-5-9/h6,8-9,12H,2-5,14H2,1H3,(H,15,16). The Balaban J connectivity index is 1.69. The van der Waals surface area contributed by atoms with Crippen molar-refractivity contribution in [2.75, 3.05) is 5.73 Å². The van der Waals surface area contributed by atoms with Gasteiger partial charge in [0.25, 0.3) is 5.91 Å². The molecule has 92 valence electrons.